The van der Waals surface area contributed by atoms with E-state index in [1.165, 1.54) is 23.1 Å². The first-order valence-corrected chi connectivity index (χ1v) is 6.62. The van der Waals surface area contributed by atoms with E-state index < -0.39 is 0 Å². The Labute approximate surface area is 97.7 Å². The van der Waals surface area contributed by atoms with Gasteiger partial charge in [0, 0.05) is 17.2 Å². The van der Waals surface area contributed by atoms with Crippen molar-refractivity contribution in [2.24, 2.45) is 5.73 Å². The number of aryl methyl sites for hydroxylation is 2. The van der Waals surface area contributed by atoms with Crippen LogP contribution in [-0.2, 0) is 4.79 Å². The van der Waals surface area contributed by atoms with Crippen molar-refractivity contribution in [2.45, 2.75) is 13.8 Å². The Morgan fingerprint density at radius 2 is 2.33 bits per heavy atom. The summed E-state index contributed by atoms with van der Waals surface area (Å²) in [6.45, 7) is 4.53. The van der Waals surface area contributed by atoms with Crippen LogP contribution in [0.15, 0.2) is 0 Å². The Hall–Kier alpha value is -0.590. The van der Waals surface area contributed by atoms with Crippen molar-refractivity contribution in [3.8, 4) is 0 Å². The molecule has 4 nitrogen and oxygen atoms in total. The van der Waals surface area contributed by atoms with Gasteiger partial charge in [0.25, 0.3) is 0 Å². The Bertz CT molecular complexity index is 319. The molecule has 0 unspecified atom stereocenters. The molecule has 0 saturated heterocycles. The van der Waals surface area contributed by atoms with E-state index in [1.54, 1.807) is 0 Å². The van der Waals surface area contributed by atoms with Gasteiger partial charge in [-0.3, -0.25) is 4.79 Å². The number of thiazole rings is 1. The van der Waals surface area contributed by atoms with E-state index >= 15 is 0 Å². The highest BCUT2D eigenvalue weighted by Crippen LogP contribution is 2.21. The van der Waals surface area contributed by atoms with Gasteiger partial charge in [0.2, 0.25) is 5.91 Å². The lowest BCUT2D eigenvalue weighted by atomic mass is 10.4. The first kappa shape index (κ1) is 12.5. The van der Waals surface area contributed by atoms with Crippen molar-refractivity contribution >= 4 is 34.1 Å². The van der Waals surface area contributed by atoms with E-state index in [4.69, 9.17) is 5.73 Å². The molecule has 1 rings (SSSR count). The number of anilines is 1. The van der Waals surface area contributed by atoms with Gasteiger partial charge in [0.15, 0.2) is 5.13 Å². The zero-order chi connectivity index (χ0) is 11.3. The Morgan fingerprint density at radius 3 is 2.87 bits per heavy atom. The quantitative estimate of drug-likeness (QED) is 0.769. The minimum absolute atomic E-state index is 0.0119. The zero-order valence-corrected chi connectivity index (χ0v) is 10.5. The van der Waals surface area contributed by atoms with Gasteiger partial charge in [-0.05, 0) is 13.8 Å². The van der Waals surface area contributed by atoms with Gasteiger partial charge in [-0.25, -0.2) is 4.98 Å². The average Bonchev–Trinajstić information content (AvgIpc) is 2.46. The van der Waals surface area contributed by atoms with Gasteiger partial charge < -0.3 is 11.1 Å². The average molecular weight is 245 g/mol. The first-order chi connectivity index (χ1) is 7.13. The van der Waals surface area contributed by atoms with Crippen molar-refractivity contribution in [2.75, 3.05) is 23.4 Å². The molecule has 0 aromatic carbocycles. The fourth-order valence-corrected chi connectivity index (χ4v) is 2.33. The number of carbonyl (C=O) groups excluding carboxylic acids is 1. The number of hydrogen-bond acceptors (Lipinski definition) is 5. The molecule has 0 aliphatic carbocycles. The number of nitrogens with one attached hydrogen (secondary N) is 1. The van der Waals surface area contributed by atoms with Crippen LogP contribution in [0.5, 0.6) is 0 Å². The lowest BCUT2D eigenvalue weighted by Crippen LogP contribution is -2.15. The first-order valence-electron chi connectivity index (χ1n) is 4.65. The molecule has 15 heavy (non-hydrogen) atoms. The number of nitrogens with zero attached hydrogens (tertiary/aromatic N) is 1. The molecule has 0 bridgehead atoms. The maximum Gasteiger partial charge on any atom is 0.236 e. The third kappa shape index (κ3) is 4.19. The van der Waals surface area contributed by atoms with Crippen LogP contribution in [0.25, 0.3) is 0 Å². The molecular formula is C9H15N3OS2. The Kier molecular flexibility index (Phi) is 5.07. The van der Waals surface area contributed by atoms with Crippen molar-refractivity contribution in [1.82, 2.24) is 4.98 Å². The topological polar surface area (TPSA) is 68.0 Å². The van der Waals surface area contributed by atoms with E-state index in [9.17, 15) is 4.79 Å². The van der Waals surface area contributed by atoms with E-state index in [0.717, 1.165) is 16.3 Å². The van der Waals surface area contributed by atoms with Crippen LogP contribution in [0.2, 0.25) is 0 Å². The number of carbonyl (C=O) groups is 1. The number of nitrogens with two attached hydrogens (primary N) is 1. The zero-order valence-electron chi connectivity index (χ0n) is 8.87. The van der Waals surface area contributed by atoms with Gasteiger partial charge in [-0.1, -0.05) is 0 Å². The van der Waals surface area contributed by atoms with Crippen LogP contribution in [0.1, 0.15) is 10.6 Å². The molecule has 0 radical (unpaired) electrons. The maximum atomic E-state index is 11.4. The SMILES string of the molecule is Cc1nc(NC(=O)CSCCN)sc1C. The number of hydrogen-bond donors (Lipinski definition) is 2. The molecule has 6 heteroatoms. The molecule has 0 fully saturated rings. The molecule has 0 aliphatic rings. The van der Waals surface area contributed by atoms with Gasteiger partial charge in [-0.2, -0.15) is 11.8 Å². The number of rotatable bonds is 5. The minimum atomic E-state index is -0.0119. The molecule has 0 atom stereocenters. The summed E-state index contributed by atoms with van der Waals surface area (Å²) in [5.41, 5.74) is 6.30. The molecule has 1 aromatic heterocycles. The molecule has 3 N–H and O–H groups in total. The normalized spacial score (nSPS) is 10.3. The van der Waals surface area contributed by atoms with Crippen molar-refractivity contribution in [3.63, 3.8) is 0 Å². The third-order valence-electron chi connectivity index (χ3n) is 1.77. The van der Waals surface area contributed by atoms with E-state index in [2.05, 4.69) is 10.3 Å². The summed E-state index contributed by atoms with van der Waals surface area (Å²) < 4.78 is 0. The smallest absolute Gasteiger partial charge is 0.236 e. The molecule has 84 valence electrons. The lowest BCUT2D eigenvalue weighted by Gasteiger charge is -2.00. The standard InChI is InChI=1S/C9H15N3OS2/c1-6-7(2)15-9(11-6)12-8(13)5-14-4-3-10/h3-5,10H2,1-2H3,(H,11,12,13). The van der Waals surface area contributed by atoms with Crippen molar-refractivity contribution in [1.29, 1.82) is 0 Å². The Morgan fingerprint density at radius 1 is 1.60 bits per heavy atom. The number of amides is 1. The summed E-state index contributed by atoms with van der Waals surface area (Å²) in [6, 6.07) is 0. The van der Waals surface area contributed by atoms with Gasteiger partial charge in [0.1, 0.15) is 0 Å². The predicted octanol–water partition coefficient (Wildman–Crippen LogP) is 1.39. The second kappa shape index (κ2) is 6.09. The number of aromatic nitrogens is 1. The summed E-state index contributed by atoms with van der Waals surface area (Å²) >= 11 is 3.04. The van der Waals surface area contributed by atoms with E-state index in [-0.39, 0.29) is 5.91 Å². The lowest BCUT2D eigenvalue weighted by molar-refractivity contribution is -0.113. The van der Waals surface area contributed by atoms with Crippen molar-refractivity contribution < 1.29 is 4.79 Å². The highest BCUT2D eigenvalue weighted by Gasteiger charge is 2.07. The number of thioether (sulfide) groups is 1. The van der Waals surface area contributed by atoms with Crippen LogP contribution in [0.3, 0.4) is 0 Å². The summed E-state index contributed by atoms with van der Waals surface area (Å²) in [7, 11) is 0. The minimum Gasteiger partial charge on any atom is -0.330 e. The molecule has 0 spiro atoms. The van der Waals surface area contributed by atoms with Gasteiger partial charge in [0.05, 0.1) is 11.4 Å². The Balaban J connectivity index is 2.37. The third-order valence-corrected chi connectivity index (χ3v) is 3.75. The monoisotopic (exact) mass is 245 g/mol. The maximum absolute atomic E-state index is 11.4. The molecule has 0 saturated carbocycles. The summed E-state index contributed by atoms with van der Waals surface area (Å²) in [4.78, 5) is 16.8. The second-order valence-corrected chi connectivity index (χ2v) is 5.36. The molecule has 1 heterocycles. The highest BCUT2D eigenvalue weighted by molar-refractivity contribution is 7.99. The summed E-state index contributed by atoms with van der Waals surface area (Å²) in [5, 5.41) is 3.45. The van der Waals surface area contributed by atoms with Crippen LogP contribution >= 0.6 is 23.1 Å². The van der Waals surface area contributed by atoms with Crippen molar-refractivity contribution in [3.05, 3.63) is 10.6 Å². The highest BCUT2D eigenvalue weighted by atomic mass is 32.2. The van der Waals surface area contributed by atoms with E-state index in [1.807, 2.05) is 13.8 Å². The van der Waals surface area contributed by atoms with Crippen LogP contribution in [0.4, 0.5) is 5.13 Å². The van der Waals surface area contributed by atoms with Gasteiger partial charge >= 0.3 is 0 Å². The fraction of sp³-hybridized carbons (Fsp3) is 0.556. The summed E-state index contributed by atoms with van der Waals surface area (Å²) in [5.74, 6) is 1.24. The van der Waals surface area contributed by atoms with E-state index in [0.29, 0.717) is 17.4 Å². The molecule has 1 amide bonds. The molecular weight excluding hydrogens is 230 g/mol. The molecule has 0 aliphatic heterocycles. The van der Waals surface area contributed by atoms with Gasteiger partial charge in [-0.15, -0.1) is 11.3 Å². The second-order valence-electron chi connectivity index (χ2n) is 3.05. The van der Waals surface area contributed by atoms with Crippen LogP contribution in [-0.4, -0.2) is 28.9 Å². The largest absolute Gasteiger partial charge is 0.330 e. The van der Waals surface area contributed by atoms with Crippen LogP contribution < -0.4 is 11.1 Å². The fourth-order valence-electron chi connectivity index (χ4n) is 0.930. The van der Waals surface area contributed by atoms with Crippen LogP contribution in [0, 0.1) is 13.8 Å². The molecule has 1 aromatic rings. The predicted molar refractivity (Wildman–Crippen MR) is 66.6 cm³/mol. The summed E-state index contributed by atoms with van der Waals surface area (Å²) in [6.07, 6.45) is 0.